The number of hydrogen-bond donors (Lipinski definition) is 2. The largest absolute Gasteiger partial charge is 0.481 e. The Balaban J connectivity index is 1.59. The summed E-state index contributed by atoms with van der Waals surface area (Å²) in [6.07, 6.45) is 11.7. The number of fused-ring (bicyclic) bond motifs is 7. The van der Waals surface area contributed by atoms with Crippen LogP contribution >= 0.6 is 0 Å². The average molecular weight is 471 g/mol. The predicted molar refractivity (Wildman–Crippen MR) is 133 cm³/mol. The van der Waals surface area contributed by atoms with E-state index in [1.165, 1.54) is 5.57 Å². The minimum atomic E-state index is -0.711. The third-order valence-electron chi connectivity index (χ3n) is 13.2. The first-order chi connectivity index (χ1) is 15.7. The standard InChI is InChI=1S/C30H46O4/c1-25(2)21-9-12-29(6)22(27(21,4)11-10-23(25)32)8-7-19-20-17-26(3,24(33)34)13-15-30(20,18-31)16-14-28(19,29)5/h7,20-22,31H,8-18H2,1-6H3,(H,33,34)/t20-,21+,22+,26-,27+,28+,29-,30-/m0/s1. The zero-order valence-electron chi connectivity index (χ0n) is 22.3. The number of ketones is 1. The van der Waals surface area contributed by atoms with E-state index in [9.17, 15) is 19.8 Å². The van der Waals surface area contributed by atoms with Gasteiger partial charge >= 0.3 is 5.97 Å². The number of aliphatic hydroxyl groups excluding tert-OH is 1. The summed E-state index contributed by atoms with van der Waals surface area (Å²) in [7, 11) is 0. The van der Waals surface area contributed by atoms with Gasteiger partial charge in [-0.25, -0.2) is 0 Å². The van der Waals surface area contributed by atoms with Gasteiger partial charge in [-0.3, -0.25) is 9.59 Å². The lowest BCUT2D eigenvalue weighted by Gasteiger charge is -2.70. The zero-order chi connectivity index (χ0) is 24.9. The molecule has 0 aromatic carbocycles. The van der Waals surface area contributed by atoms with E-state index in [0.29, 0.717) is 36.9 Å². The highest BCUT2D eigenvalue weighted by molar-refractivity contribution is 5.85. The fraction of sp³-hybridized carbons (Fsp3) is 0.867. The molecule has 0 aromatic rings. The highest BCUT2D eigenvalue weighted by Gasteiger charge is 2.68. The molecule has 5 aliphatic carbocycles. The number of carbonyl (C=O) groups excluding carboxylic acids is 1. The quantitative estimate of drug-likeness (QED) is 0.457. The second-order valence-electron chi connectivity index (χ2n) is 14.6. The van der Waals surface area contributed by atoms with Gasteiger partial charge in [-0.1, -0.05) is 46.3 Å². The van der Waals surface area contributed by atoms with Crippen molar-refractivity contribution in [3.8, 4) is 0 Å². The Bertz CT molecular complexity index is 949. The maximum Gasteiger partial charge on any atom is 0.309 e. The van der Waals surface area contributed by atoms with E-state index in [-0.39, 0.29) is 39.6 Å². The molecule has 0 spiro atoms. The van der Waals surface area contributed by atoms with Crippen molar-refractivity contribution in [1.82, 2.24) is 0 Å². The van der Waals surface area contributed by atoms with E-state index in [2.05, 4.69) is 40.7 Å². The molecule has 0 saturated heterocycles. The minimum Gasteiger partial charge on any atom is -0.481 e. The molecule has 0 heterocycles. The van der Waals surface area contributed by atoms with Crippen LogP contribution in [0.15, 0.2) is 11.6 Å². The van der Waals surface area contributed by atoms with Crippen LogP contribution in [-0.2, 0) is 9.59 Å². The van der Waals surface area contributed by atoms with Crippen molar-refractivity contribution in [3.05, 3.63) is 11.6 Å². The maximum absolute atomic E-state index is 12.9. The van der Waals surface area contributed by atoms with Crippen LogP contribution in [0.3, 0.4) is 0 Å². The number of allylic oxidation sites excluding steroid dienone is 2. The Morgan fingerprint density at radius 2 is 1.65 bits per heavy atom. The van der Waals surface area contributed by atoms with Crippen molar-refractivity contribution in [1.29, 1.82) is 0 Å². The molecule has 4 fully saturated rings. The molecule has 8 atom stereocenters. The van der Waals surface area contributed by atoms with E-state index >= 15 is 0 Å². The van der Waals surface area contributed by atoms with Crippen LogP contribution in [-0.4, -0.2) is 28.6 Å². The van der Waals surface area contributed by atoms with Crippen LogP contribution in [0.5, 0.6) is 0 Å². The summed E-state index contributed by atoms with van der Waals surface area (Å²) in [6.45, 7) is 14.0. The van der Waals surface area contributed by atoms with Gasteiger partial charge in [0.2, 0.25) is 0 Å². The first kappa shape index (κ1) is 24.5. The fourth-order valence-electron chi connectivity index (χ4n) is 10.5. The number of carboxylic acid groups (broad SMARTS) is 1. The molecule has 0 aliphatic heterocycles. The van der Waals surface area contributed by atoms with Crippen molar-refractivity contribution in [2.75, 3.05) is 6.61 Å². The Labute approximate surface area is 206 Å². The summed E-state index contributed by atoms with van der Waals surface area (Å²) in [5.41, 5.74) is 0.661. The molecule has 4 nitrogen and oxygen atoms in total. The Hall–Kier alpha value is -1.16. The van der Waals surface area contributed by atoms with Crippen LogP contribution in [0, 0.1) is 50.2 Å². The number of carbonyl (C=O) groups is 2. The molecular formula is C30H46O4. The highest BCUT2D eigenvalue weighted by Crippen LogP contribution is 2.75. The van der Waals surface area contributed by atoms with Gasteiger partial charge in [0.15, 0.2) is 0 Å². The predicted octanol–water partition coefficient (Wildman–Crippen LogP) is 6.41. The van der Waals surface area contributed by atoms with E-state index in [1.54, 1.807) is 0 Å². The number of rotatable bonds is 2. The normalized spacial score (nSPS) is 51.9. The van der Waals surface area contributed by atoms with E-state index in [0.717, 1.165) is 44.9 Å². The van der Waals surface area contributed by atoms with Crippen molar-refractivity contribution < 1.29 is 19.8 Å². The van der Waals surface area contributed by atoms with Gasteiger partial charge in [-0.2, -0.15) is 0 Å². The first-order valence-corrected chi connectivity index (χ1v) is 13.8. The van der Waals surface area contributed by atoms with Gasteiger partial charge < -0.3 is 10.2 Å². The van der Waals surface area contributed by atoms with Crippen molar-refractivity contribution in [2.45, 2.75) is 106 Å². The molecule has 0 bridgehead atoms. The maximum atomic E-state index is 12.9. The lowest BCUT2D eigenvalue weighted by atomic mass is 9.33. The lowest BCUT2D eigenvalue weighted by molar-refractivity contribution is -0.188. The van der Waals surface area contributed by atoms with Gasteiger partial charge in [0, 0.05) is 23.9 Å². The molecule has 4 saturated carbocycles. The topological polar surface area (TPSA) is 74.6 Å². The molecule has 190 valence electrons. The summed E-state index contributed by atoms with van der Waals surface area (Å²) in [5.74, 6) is 0.879. The number of carboxylic acids is 1. The summed E-state index contributed by atoms with van der Waals surface area (Å²) >= 11 is 0. The number of hydrogen-bond acceptors (Lipinski definition) is 3. The molecule has 2 N–H and O–H groups in total. The van der Waals surface area contributed by atoms with E-state index < -0.39 is 11.4 Å². The van der Waals surface area contributed by atoms with Crippen molar-refractivity contribution in [3.63, 3.8) is 0 Å². The van der Waals surface area contributed by atoms with Crippen LogP contribution in [0.4, 0.5) is 0 Å². The van der Waals surface area contributed by atoms with Crippen LogP contribution in [0.2, 0.25) is 0 Å². The molecule has 34 heavy (non-hydrogen) atoms. The first-order valence-electron chi connectivity index (χ1n) is 13.8. The van der Waals surface area contributed by atoms with E-state index in [1.807, 2.05) is 6.92 Å². The molecule has 0 aromatic heterocycles. The second-order valence-corrected chi connectivity index (χ2v) is 14.6. The summed E-state index contributed by atoms with van der Waals surface area (Å²) < 4.78 is 0. The van der Waals surface area contributed by atoms with Gasteiger partial charge in [0.1, 0.15) is 5.78 Å². The molecular weight excluding hydrogens is 424 g/mol. The summed E-state index contributed by atoms with van der Waals surface area (Å²) in [4.78, 5) is 25.2. The summed E-state index contributed by atoms with van der Waals surface area (Å²) in [5, 5.41) is 20.7. The highest BCUT2D eigenvalue weighted by atomic mass is 16.4. The SMILES string of the molecule is CC1(C)C(=O)CC[C@]2(C)[C@@H]1CC[C@@]1(C)[C@@H]2CC=C2[C@@H]3C[C@@](C)(C(=O)O)CC[C@@]3(CO)CC[C@]21C. The second kappa shape index (κ2) is 7.20. The van der Waals surface area contributed by atoms with Crippen LogP contribution < -0.4 is 0 Å². The average Bonchev–Trinajstić information content (AvgIpc) is 2.77. The molecule has 0 unspecified atom stereocenters. The number of Topliss-reactive ketones (excluding diaryl/α,β-unsaturated/α-hetero) is 1. The van der Waals surface area contributed by atoms with Gasteiger partial charge in [-0.15, -0.1) is 0 Å². The lowest BCUT2D eigenvalue weighted by Crippen LogP contribution is -2.64. The van der Waals surface area contributed by atoms with Crippen LogP contribution in [0.1, 0.15) is 106 Å². The van der Waals surface area contributed by atoms with E-state index in [4.69, 9.17) is 0 Å². The number of aliphatic hydroxyl groups is 1. The zero-order valence-corrected chi connectivity index (χ0v) is 22.3. The third kappa shape index (κ3) is 2.81. The Morgan fingerprint density at radius 3 is 2.29 bits per heavy atom. The molecule has 0 radical (unpaired) electrons. The minimum absolute atomic E-state index is 0.0234. The number of aliphatic carboxylic acids is 1. The fourth-order valence-corrected chi connectivity index (χ4v) is 10.5. The van der Waals surface area contributed by atoms with Crippen LogP contribution in [0.25, 0.3) is 0 Å². The van der Waals surface area contributed by atoms with Gasteiger partial charge in [-0.05, 0) is 98.7 Å². The summed E-state index contributed by atoms with van der Waals surface area (Å²) in [6, 6.07) is 0. The van der Waals surface area contributed by atoms with Crippen molar-refractivity contribution in [2.24, 2.45) is 50.2 Å². The van der Waals surface area contributed by atoms with Gasteiger partial charge in [0.05, 0.1) is 5.41 Å². The molecule has 0 amide bonds. The third-order valence-corrected chi connectivity index (χ3v) is 13.2. The Morgan fingerprint density at radius 1 is 0.971 bits per heavy atom. The molecule has 5 rings (SSSR count). The molecule has 4 heteroatoms. The Kier molecular flexibility index (Phi) is 5.20. The molecule has 5 aliphatic rings. The van der Waals surface area contributed by atoms with Gasteiger partial charge in [0.25, 0.3) is 0 Å². The smallest absolute Gasteiger partial charge is 0.309 e. The van der Waals surface area contributed by atoms with Crippen molar-refractivity contribution >= 4 is 11.8 Å². The monoisotopic (exact) mass is 470 g/mol.